The third kappa shape index (κ3) is 1.75. The minimum absolute atomic E-state index is 0.0927. The fraction of sp³-hybridized carbons (Fsp3) is 0.739. The minimum Gasteiger partial charge on any atom is -0.451 e. The van der Waals surface area contributed by atoms with Gasteiger partial charge in [0.05, 0.1) is 0 Å². The lowest BCUT2D eigenvalue weighted by molar-refractivity contribution is -0.160. The van der Waals surface area contributed by atoms with Gasteiger partial charge in [-0.25, -0.2) is 4.79 Å². The number of Topliss-reactive ketones (excluding diaryl/α,β-unsaturated/α-hetero) is 1. The van der Waals surface area contributed by atoms with Crippen LogP contribution in [0.25, 0.3) is 0 Å². The van der Waals surface area contributed by atoms with Crippen molar-refractivity contribution >= 4 is 11.8 Å². The van der Waals surface area contributed by atoms with Crippen molar-refractivity contribution in [3.05, 3.63) is 23.3 Å². The summed E-state index contributed by atoms with van der Waals surface area (Å²) in [5.74, 6) is 2.40. The molecular formula is C23H28O3. The molecular weight excluding hydrogens is 324 g/mol. The summed E-state index contributed by atoms with van der Waals surface area (Å²) in [4.78, 5) is 24.0. The molecule has 5 aliphatic carbocycles. The quantitative estimate of drug-likeness (QED) is 0.476. The van der Waals surface area contributed by atoms with Crippen molar-refractivity contribution in [2.45, 2.75) is 76.7 Å². The van der Waals surface area contributed by atoms with Crippen LogP contribution in [-0.4, -0.2) is 17.4 Å². The first-order chi connectivity index (χ1) is 12.5. The topological polar surface area (TPSA) is 43.4 Å². The van der Waals surface area contributed by atoms with E-state index in [1.54, 1.807) is 17.2 Å². The minimum atomic E-state index is -0.340. The van der Waals surface area contributed by atoms with Gasteiger partial charge < -0.3 is 4.74 Å². The Morgan fingerprint density at radius 1 is 1.08 bits per heavy atom. The molecule has 3 saturated carbocycles. The Morgan fingerprint density at radius 2 is 1.92 bits per heavy atom. The predicted octanol–water partition coefficient (Wildman–Crippen LogP) is 4.51. The molecule has 2 spiro atoms. The number of fused-ring (bicyclic) bond motifs is 6. The molecule has 0 aromatic carbocycles. The van der Waals surface area contributed by atoms with Crippen LogP contribution in [0.4, 0.5) is 0 Å². The number of esters is 1. The molecule has 3 heteroatoms. The Balaban J connectivity index is 1.40. The summed E-state index contributed by atoms with van der Waals surface area (Å²) in [7, 11) is 0. The molecule has 6 aliphatic rings. The summed E-state index contributed by atoms with van der Waals surface area (Å²) in [5, 5.41) is 0. The average molecular weight is 352 g/mol. The van der Waals surface area contributed by atoms with Crippen molar-refractivity contribution < 1.29 is 14.3 Å². The van der Waals surface area contributed by atoms with Gasteiger partial charge in [0.25, 0.3) is 0 Å². The van der Waals surface area contributed by atoms with E-state index in [1.807, 2.05) is 0 Å². The van der Waals surface area contributed by atoms with Crippen molar-refractivity contribution in [2.75, 3.05) is 0 Å². The fourth-order valence-electron chi connectivity index (χ4n) is 7.92. The lowest BCUT2D eigenvalue weighted by atomic mass is 9.50. The number of ether oxygens (including phenoxy) is 1. The number of carbonyl (C=O) groups is 2. The van der Waals surface area contributed by atoms with Gasteiger partial charge in [0.15, 0.2) is 0 Å². The zero-order valence-electron chi connectivity index (χ0n) is 15.7. The molecule has 0 amide bonds. The van der Waals surface area contributed by atoms with E-state index in [2.05, 4.69) is 13.0 Å². The molecule has 0 saturated heterocycles. The molecule has 0 unspecified atom stereocenters. The van der Waals surface area contributed by atoms with E-state index in [0.29, 0.717) is 23.0 Å². The number of ketones is 1. The van der Waals surface area contributed by atoms with Crippen molar-refractivity contribution in [1.29, 1.82) is 0 Å². The van der Waals surface area contributed by atoms with Crippen LogP contribution in [0.3, 0.4) is 0 Å². The molecule has 0 bridgehead atoms. The maximum absolute atomic E-state index is 12.1. The van der Waals surface area contributed by atoms with Crippen molar-refractivity contribution in [1.82, 2.24) is 0 Å². The second-order valence-electron chi connectivity index (χ2n) is 10.2. The van der Waals surface area contributed by atoms with Crippen LogP contribution in [0.2, 0.25) is 0 Å². The van der Waals surface area contributed by atoms with Gasteiger partial charge in [-0.15, -0.1) is 0 Å². The summed E-state index contributed by atoms with van der Waals surface area (Å²) < 4.78 is 5.94. The molecule has 3 nitrogen and oxygen atoms in total. The van der Waals surface area contributed by atoms with Crippen molar-refractivity contribution in [3.63, 3.8) is 0 Å². The van der Waals surface area contributed by atoms with E-state index in [9.17, 15) is 9.59 Å². The summed E-state index contributed by atoms with van der Waals surface area (Å²) in [5.41, 5.74) is 3.41. The Hall–Kier alpha value is -1.38. The molecule has 5 atom stereocenters. The standard InChI is InChI=1S/C23H28O3/c1-21-7-4-15-16-3-2-14(24)12-19(16)22(10-11-22)13-17(15)18(21)5-8-23(21)9-6-20(25)26-23/h6,9,15,17-18H,2-5,7-8,10-13H2,1H3/t15-,17-,18+,21+,23-/m1/s1. The molecule has 0 N–H and O–H groups in total. The third-order valence-electron chi connectivity index (χ3n) is 9.39. The molecule has 26 heavy (non-hydrogen) atoms. The first-order valence-corrected chi connectivity index (χ1v) is 10.6. The van der Waals surface area contributed by atoms with Crippen LogP contribution in [0.5, 0.6) is 0 Å². The van der Waals surface area contributed by atoms with Crippen LogP contribution in [0, 0.1) is 28.6 Å². The Kier molecular flexibility index (Phi) is 2.84. The van der Waals surface area contributed by atoms with Gasteiger partial charge in [-0.1, -0.05) is 18.1 Å². The second-order valence-corrected chi connectivity index (χ2v) is 10.2. The molecule has 6 rings (SSSR count). The highest BCUT2D eigenvalue weighted by molar-refractivity contribution is 5.85. The molecule has 138 valence electrons. The molecule has 1 aliphatic heterocycles. The van der Waals surface area contributed by atoms with Gasteiger partial charge in [-0.3, -0.25) is 4.79 Å². The Labute approximate surface area is 155 Å². The third-order valence-corrected chi connectivity index (χ3v) is 9.39. The SMILES string of the molecule is C[C@]12CC[C@@H]3C4=C(CC(=O)CC4)C4(CC4)C[C@H]3[C@@H]1CC[C@@]21C=CC(=O)O1. The van der Waals surface area contributed by atoms with Crippen LogP contribution < -0.4 is 0 Å². The molecule has 0 aromatic heterocycles. The molecule has 0 radical (unpaired) electrons. The van der Waals surface area contributed by atoms with Gasteiger partial charge in [0, 0.05) is 24.3 Å². The van der Waals surface area contributed by atoms with Gasteiger partial charge in [-0.2, -0.15) is 0 Å². The first-order valence-electron chi connectivity index (χ1n) is 10.6. The number of allylic oxidation sites excluding steroid dienone is 2. The number of hydrogen-bond acceptors (Lipinski definition) is 3. The first kappa shape index (κ1) is 15.7. The van der Waals surface area contributed by atoms with E-state index in [1.165, 1.54) is 32.1 Å². The summed E-state index contributed by atoms with van der Waals surface area (Å²) in [6.45, 7) is 2.40. The van der Waals surface area contributed by atoms with E-state index in [4.69, 9.17) is 4.74 Å². The smallest absolute Gasteiger partial charge is 0.331 e. The molecule has 1 heterocycles. The highest BCUT2D eigenvalue weighted by Crippen LogP contribution is 2.71. The Morgan fingerprint density at radius 3 is 2.65 bits per heavy atom. The van der Waals surface area contributed by atoms with E-state index < -0.39 is 0 Å². The average Bonchev–Trinajstić information content (AvgIpc) is 3.19. The highest BCUT2D eigenvalue weighted by Gasteiger charge is 2.66. The van der Waals surface area contributed by atoms with Crippen LogP contribution in [-0.2, 0) is 14.3 Å². The molecule has 3 fully saturated rings. The number of carbonyl (C=O) groups excluding carboxylic acids is 2. The van der Waals surface area contributed by atoms with Crippen LogP contribution in [0.15, 0.2) is 23.3 Å². The maximum Gasteiger partial charge on any atom is 0.331 e. The van der Waals surface area contributed by atoms with Crippen molar-refractivity contribution in [3.8, 4) is 0 Å². The summed E-state index contributed by atoms with van der Waals surface area (Å²) >= 11 is 0. The monoisotopic (exact) mass is 352 g/mol. The maximum atomic E-state index is 12.1. The van der Waals surface area contributed by atoms with Gasteiger partial charge >= 0.3 is 5.97 Å². The zero-order chi connectivity index (χ0) is 17.7. The van der Waals surface area contributed by atoms with Crippen molar-refractivity contribution in [2.24, 2.45) is 28.6 Å². The number of rotatable bonds is 0. The van der Waals surface area contributed by atoms with Gasteiger partial charge in [0.1, 0.15) is 11.4 Å². The van der Waals surface area contributed by atoms with Crippen LogP contribution >= 0.6 is 0 Å². The van der Waals surface area contributed by atoms with Crippen LogP contribution in [0.1, 0.15) is 71.1 Å². The normalized spacial score (nSPS) is 47.8. The Bertz CT molecular complexity index is 785. The van der Waals surface area contributed by atoms with Gasteiger partial charge in [0.2, 0.25) is 0 Å². The largest absolute Gasteiger partial charge is 0.451 e. The lowest BCUT2D eigenvalue weighted by Gasteiger charge is -2.55. The molecule has 0 aromatic rings. The summed E-state index contributed by atoms with van der Waals surface area (Å²) in [6.07, 6.45) is 14.7. The van der Waals surface area contributed by atoms with E-state index in [-0.39, 0.29) is 17.0 Å². The highest BCUT2D eigenvalue weighted by atomic mass is 16.6. The van der Waals surface area contributed by atoms with E-state index >= 15 is 0 Å². The summed E-state index contributed by atoms with van der Waals surface area (Å²) in [6, 6.07) is 0. The zero-order valence-corrected chi connectivity index (χ0v) is 15.7. The predicted molar refractivity (Wildman–Crippen MR) is 97.2 cm³/mol. The van der Waals surface area contributed by atoms with E-state index in [0.717, 1.165) is 38.0 Å². The fourth-order valence-corrected chi connectivity index (χ4v) is 7.92. The second kappa shape index (κ2) is 4.72. The van der Waals surface area contributed by atoms with Gasteiger partial charge in [-0.05, 0) is 80.6 Å². The lowest BCUT2D eigenvalue weighted by Crippen LogP contribution is -2.52. The number of hydrogen-bond donors (Lipinski definition) is 0.